The van der Waals surface area contributed by atoms with Gasteiger partial charge in [0.25, 0.3) is 5.91 Å². The Bertz CT molecular complexity index is 903. The molecule has 4 nitrogen and oxygen atoms in total. The second-order valence-corrected chi connectivity index (χ2v) is 6.58. The van der Waals surface area contributed by atoms with Crippen molar-refractivity contribution in [2.24, 2.45) is 0 Å². The van der Waals surface area contributed by atoms with Crippen LogP contribution < -0.4 is 5.32 Å². The monoisotopic (exact) mass is 391 g/mol. The van der Waals surface area contributed by atoms with Crippen molar-refractivity contribution in [1.29, 1.82) is 0 Å². The van der Waals surface area contributed by atoms with Crippen molar-refractivity contribution < 1.29 is 18.7 Å². The van der Waals surface area contributed by atoms with E-state index in [1.807, 2.05) is 60.7 Å². The maximum atomic E-state index is 13.1. The summed E-state index contributed by atoms with van der Waals surface area (Å²) in [6.45, 7) is 1.77. The third kappa shape index (κ3) is 5.29. The van der Waals surface area contributed by atoms with Gasteiger partial charge in [-0.1, -0.05) is 67.6 Å². The number of ether oxygens (including phenoxy) is 1. The highest BCUT2D eigenvalue weighted by Crippen LogP contribution is 2.27. The molecule has 0 saturated carbocycles. The van der Waals surface area contributed by atoms with Crippen molar-refractivity contribution in [1.82, 2.24) is 0 Å². The summed E-state index contributed by atoms with van der Waals surface area (Å²) in [6, 6.07) is 24.0. The fourth-order valence-electron chi connectivity index (χ4n) is 3.04. The minimum Gasteiger partial charge on any atom is -0.452 e. The topological polar surface area (TPSA) is 55.4 Å². The molecule has 0 aliphatic carbocycles. The molecule has 0 heterocycles. The number of anilines is 1. The molecule has 0 bridgehead atoms. The van der Waals surface area contributed by atoms with E-state index in [0.717, 1.165) is 11.1 Å². The molecule has 3 rings (SSSR count). The van der Waals surface area contributed by atoms with Gasteiger partial charge in [0.2, 0.25) is 0 Å². The van der Waals surface area contributed by atoms with Crippen molar-refractivity contribution in [3.63, 3.8) is 0 Å². The van der Waals surface area contributed by atoms with Gasteiger partial charge in [0.15, 0.2) is 6.10 Å². The van der Waals surface area contributed by atoms with E-state index >= 15 is 0 Å². The van der Waals surface area contributed by atoms with Crippen LogP contribution in [0.3, 0.4) is 0 Å². The van der Waals surface area contributed by atoms with Gasteiger partial charge in [-0.2, -0.15) is 0 Å². The molecule has 0 aliphatic rings. The highest BCUT2D eigenvalue weighted by atomic mass is 19.1. The van der Waals surface area contributed by atoms with E-state index in [-0.39, 0.29) is 0 Å². The number of hydrogen-bond acceptors (Lipinski definition) is 3. The van der Waals surface area contributed by atoms with Crippen molar-refractivity contribution in [2.75, 3.05) is 5.32 Å². The van der Waals surface area contributed by atoms with Gasteiger partial charge in [-0.05, 0) is 41.8 Å². The van der Waals surface area contributed by atoms with Crippen LogP contribution in [0.25, 0.3) is 0 Å². The average molecular weight is 391 g/mol. The number of amides is 1. The summed E-state index contributed by atoms with van der Waals surface area (Å²) in [4.78, 5) is 25.6. The summed E-state index contributed by atoms with van der Waals surface area (Å²) in [7, 11) is 0. The maximum absolute atomic E-state index is 13.1. The predicted octanol–water partition coefficient (Wildman–Crippen LogP) is 4.92. The molecule has 0 saturated heterocycles. The van der Waals surface area contributed by atoms with Crippen molar-refractivity contribution >= 4 is 17.6 Å². The van der Waals surface area contributed by atoms with Gasteiger partial charge in [-0.25, -0.2) is 4.39 Å². The molecule has 0 spiro atoms. The number of carbonyl (C=O) groups is 2. The highest BCUT2D eigenvalue weighted by molar-refractivity contribution is 5.96. The first kappa shape index (κ1) is 20.3. The van der Waals surface area contributed by atoms with E-state index in [1.54, 1.807) is 6.92 Å². The molecular formula is C24H22FNO3. The van der Waals surface area contributed by atoms with Gasteiger partial charge in [0, 0.05) is 5.69 Å². The van der Waals surface area contributed by atoms with E-state index in [9.17, 15) is 14.0 Å². The minimum absolute atomic E-state index is 0.315. The standard InChI is InChI=1S/C24H22FNO3/c1-2-21(23(27)26-20-15-13-19(25)14-16-20)29-24(28)22(17-9-5-3-6-10-17)18-11-7-4-8-12-18/h3-16,21-22H,2H2,1H3,(H,26,27). The normalized spacial score (nSPS) is 11.7. The summed E-state index contributed by atoms with van der Waals surface area (Å²) >= 11 is 0. The molecule has 0 aromatic heterocycles. The third-order valence-corrected chi connectivity index (χ3v) is 4.53. The van der Waals surface area contributed by atoms with E-state index in [2.05, 4.69) is 5.32 Å². The van der Waals surface area contributed by atoms with Gasteiger partial charge in [0.1, 0.15) is 11.7 Å². The molecule has 3 aromatic rings. The lowest BCUT2D eigenvalue weighted by Crippen LogP contribution is -2.34. The molecule has 1 amide bonds. The van der Waals surface area contributed by atoms with E-state index < -0.39 is 29.7 Å². The van der Waals surface area contributed by atoms with Crippen molar-refractivity contribution in [2.45, 2.75) is 25.4 Å². The Morgan fingerprint density at radius 3 is 1.86 bits per heavy atom. The van der Waals surface area contributed by atoms with Gasteiger partial charge < -0.3 is 10.1 Å². The predicted molar refractivity (Wildman–Crippen MR) is 110 cm³/mol. The molecule has 0 aliphatic heterocycles. The quantitative estimate of drug-likeness (QED) is 0.582. The lowest BCUT2D eigenvalue weighted by Gasteiger charge is -2.21. The second-order valence-electron chi connectivity index (χ2n) is 6.58. The molecule has 148 valence electrons. The first-order chi connectivity index (χ1) is 14.1. The van der Waals surface area contributed by atoms with E-state index in [1.165, 1.54) is 24.3 Å². The summed E-state index contributed by atoms with van der Waals surface area (Å²) < 4.78 is 18.7. The molecule has 1 unspecified atom stereocenters. The number of esters is 1. The molecule has 0 radical (unpaired) electrons. The molecule has 29 heavy (non-hydrogen) atoms. The van der Waals surface area contributed by atoms with Crippen LogP contribution in [0.4, 0.5) is 10.1 Å². The number of nitrogens with one attached hydrogen (secondary N) is 1. The highest BCUT2D eigenvalue weighted by Gasteiger charge is 2.29. The van der Waals surface area contributed by atoms with Crippen LogP contribution in [0.2, 0.25) is 0 Å². The van der Waals surface area contributed by atoms with Gasteiger partial charge in [-0.15, -0.1) is 0 Å². The summed E-state index contributed by atoms with van der Waals surface area (Å²) in [5, 5.41) is 2.66. The van der Waals surface area contributed by atoms with Crippen LogP contribution in [-0.2, 0) is 14.3 Å². The Labute approximate surface area is 169 Å². The average Bonchev–Trinajstić information content (AvgIpc) is 2.75. The Morgan fingerprint density at radius 1 is 0.862 bits per heavy atom. The largest absolute Gasteiger partial charge is 0.452 e. The molecule has 3 aromatic carbocycles. The SMILES string of the molecule is CCC(OC(=O)C(c1ccccc1)c1ccccc1)C(=O)Nc1ccc(F)cc1. The van der Waals surface area contributed by atoms with Crippen LogP contribution in [0, 0.1) is 5.82 Å². The molecule has 1 N–H and O–H groups in total. The fraction of sp³-hybridized carbons (Fsp3) is 0.167. The Hall–Kier alpha value is -3.47. The van der Waals surface area contributed by atoms with Crippen molar-refractivity contribution in [3.05, 3.63) is 102 Å². The van der Waals surface area contributed by atoms with Gasteiger partial charge in [0.05, 0.1) is 0 Å². The fourth-order valence-corrected chi connectivity index (χ4v) is 3.04. The van der Waals surface area contributed by atoms with Crippen LogP contribution >= 0.6 is 0 Å². The first-order valence-corrected chi connectivity index (χ1v) is 9.45. The van der Waals surface area contributed by atoms with Gasteiger partial charge in [-0.3, -0.25) is 9.59 Å². The zero-order chi connectivity index (χ0) is 20.6. The van der Waals surface area contributed by atoms with E-state index in [4.69, 9.17) is 4.74 Å². The summed E-state index contributed by atoms with van der Waals surface area (Å²) in [5.74, 6) is -1.98. The number of hydrogen-bond donors (Lipinski definition) is 1. The molecule has 0 fully saturated rings. The minimum atomic E-state index is -0.956. The lowest BCUT2D eigenvalue weighted by molar-refractivity contribution is -0.155. The number of halogens is 1. The Kier molecular flexibility index (Phi) is 6.74. The smallest absolute Gasteiger partial charge is 0.318 e. The van der Waals surface area contributed by atoms with Crippen LogP contribution in [0.5, 0.6) is 0 Å². The number of benzene rings is 3. The Morgan fingerprint density at radius 2 is 1.38 bits per heavy atom. The van der Waals surface area contributed by atoms with Crippen LogP contribution in [0.1, 0.15) is 30.4 Å². The first-order valence-electron chi connectivity index (χ1n) is 9.45. The molecule has 5 heteroatoms. The third-order valence-electron chi connectivity index (χ3n) is 4.53. The van der Waals surface area contributed by atoms with Gasteiger partial charge >= 0.3 is 5.97 Å². The Balaban J connectivity index is 1.78. The summed E-state index contributed by atoms with van der Waals surface area (Å²) in [6.07, 6.45) is -0.641. The zero-order valence-corrected chi connectivity index (χ0v) is 16.0. The van der Waals surface area contributed by atoms with Crippen LogP contribution in [-0.4, -0.2) is 18.0 Å². The maximum Gasteiger partial charge on any atom is 0.318 e. The number of rotatable bonds is 7. The molecular weight excluding hydrogens is 369 g/mol. The molecule has 1 atom stereocenters. The zero-order valence-electron chi connectivity index (χ0n) is 16.0. The van der Waals surface area contributed by atoms with E-state index in [0.29, 0.717) is 12.1 Å². The van der Waals surface area contributed by atoms with Crippen LogP contribution in [0.15, 0.2) is 84.9 Å². The second kappa shape index (κ2) is 9.64. The number of carbonyl (C=O) groups excluding carboxylic acids is 2. The lowest BCUT2D eigenvalue weighted by atomic mass is 9.91. The van der Waals surface area contributed by atoms with Crippen molar-refractivity contribution in [3.8, 4) is 0 Å². The summed E-state index contributed by atoms with van der Waals surface area (Å²) in [5.41, 5.74) is 2.02.